The minimum Gasteiger partial charge on any atom is -0.332 e. The number of carbonyl (C=O) groups is 1. The van der Waals surface area contributed by atoms with Crippen molar-refractivity contribution in [3.05, 3.63) is 51.6 Å². The topological polar surface area (TPSA) is 63.5 Å². The van der Waals surface area contributed by atoms with Crippen molar-refractivity contribution >= 4 is 23.2 Å². The molecule has 0 spiro atoms. The van der Waals surface area contributed by atoms with Crippen molar-refractivity contribution in [2.75, 3.05) is 6.54 Å². The molecule has 1 amide bonds. The van der Waals surface area contributed by atoms with E-state index in [1.807, 2.05) is 0 Å². The van der Waals surface area contributed by atoms with E-state index < -0.39 is 4.92 Å². The normalized spacial score (nSPS) is 13.9. The number of rotatable bonds is 5. The van der Waals surface area contributed by atoms with Gasteiger partial charge in [-0.05, 0) is 25.0 Å². The van der Waals surface area contributed by atoms with Crippen LogP contribution in [0.25, 0.3) is 0 Å². The number of nitrogens with zero attached hydrogens (tertiary/aromatic N) is 2. The smallest absolute Gasteiger partial charge is 0.282 e. The Labute approximate surface area is 115 Å². The predicted molar refractivity (Wildman–Crippen MR) is 72.4 cm³/mol. The molecule has 0 N–H and O–H groups in total. The number of benzene rings is 1. The summed E-state index contributed by atoms with van der Waals surface area (Å²) in [6.07, 6.45) is 3.47. The van der Waals surface area contributed by atoms with E-state index in [1.54, 1.807) is 11.0 Å². The zero-order chi connectivity index (χ0) is 14.0. The molecule has 19 heavy (non-hydrogen) atoms. The van der Waals surface area contributed by atoms with Crippen LogP contribution in [0.15, 0.2) is 30.9 Å². The summed E-state index contributed by atoms with van der Waals surface area (Å²) >= 11 is 5.83. The molecule has 0 aromatic heterocycles. The molecule has 0 unspecified atom stereocenters. The molecule has 1 aliphatic carbocycles. The Morgan fingerprint density at radius 3 is 2.79 bits per heavy atom. The monoisotopic (exact) mass is 280 g/mol. The number of carbonyl (C=O) groups excluding carboxylic acids is 1. The third kappa shape index (κ3) is 2.93. The maximum absolute atomic E-state index is 12.4. The van der Waals surface area contributed by atoms with Gasteiger partial charge < -0.3 is 4.90 Å². The second-order valence-corrected chi connectivity index (χ2v) is 4.83. The molecule has 0 bridgehead atoms. The summed E-state index contributed by atoms with van der Waals surface area (Å²) in [5.41, 5.74) is -0.185. The molecule has 1 aromatic carbocycles. The van der Waals surface area contributed by atoms with Crippen molar-refractivity contribution < 1.29 is 9.72 Å². The van der Waals surface area contributed by atoms with E-state index in [-0.39, 0.29) is 23.2 Å². The van der Waals surface area contributed by atoms with Gasteiger partial charge in [-0.25, -0.2) is 0 Å². The SMILES string of the molecule is C=CCN(C(=O)c1cc(Cl)ccc1[N+](=O)[O-])C1CC1. The van der Waals surface area contributed by atoms with Crippen LogP contribution < -0.4 is 0 Å². The fourth-order valence-electron chi connectivity index (χ4n) is 1.92. The standard InChI is InChI=1S/C13H13ClN2O3/c1-2-7-15(10-4-5-10)13(17)11-8-9(14)3-6-12(11)16(18)19/h2-3,6,8,10H,1,4-5,7H2. The van der Waals surface area contributed by atoms with Crippen LogP contribution in [0.4, 0.5) is 5.69 Å². The predicted octanol–water partition coefficient (Wildman–Crippen LogP) is 3.04. The van der Waals surface area contributed by atoms with Gasteiger partial charge in [0.2, 0.25) is 0 Å². The molecule has 6 heteroatoms. The first-order valence-corrected chi connectivity index (χ1v) is 6.28. The van der Waals surface area contributed by atoms with Gasteiger partial charge in [0.05, 0.1) is 4.92 Å². The van der Waals surface area contributed by atoms with E-state index in [0.717, 1.165) is 12.8 Å². The molecule has 0 saturated heterocycles. The van der Waals surface area contributed by atoms with Crippen LogP contribution in [0.2, 0.25) is 5.02 Å². The Morgan fingerprint density at radius 2 is 2.26 bits per heavy atom. The second-order valence-electron chi connectivity index (χ2n) is 4.40. The maximum atomic E-state index is 12.4. The Morgan fingerprint density at radius 1 is 1.58 bits per heavy atom. The Balaban J connectivity index is 2.38. The van der Waals surface area contributed by atoms with Crippen molar-refractivity contribution in [3.63, 3.8) is 0 Å². The minimum absolute atomic E-state index is 0.0336. The molecule has 0 atom stereocenters. The van der Waals surface area contributed by atoms with E-state index in [2.05, 4.69) is 6.58 Å². The molecule has 0 aliphatic heterocycles. The van der Waals surface area contributed by atoms with Crippen LogP contribution >= 0.6 is 11.6 Å². The highest BCUT2D eigenvalue weighted by Gasteiger charge is 2.34. The van der Waals surface area contributed by atoms with Crippen LogP contribution in [0.5, 0.6) is 0 Å². The zero-order valence-corrected chi connectivity index (χ0v) is 11.0. The summed E-state index contributed by atoms with van der Waals surface area (Å²) in [5, 5.41) is 11.3. The van der Waals surface area contributed by atoms with Crippen LogP contribution in [0.1, 0.15) is 23.2 Å². The number of hydrogen-bond donors (Lipinski definition) is 0. The van der Waals surface area contributed by atoms with Crippen LogP contribution in [0, 0.1) is 10.1 Å². The Hall–Kier alpha value is -1.88. The molecule has 0 radical (unpaired) electrons. The fourth-order valence-corrected chi connectivity index (χ4v) is 2.09. The van der Waals surface area contributed by atoms with E-state index in [0.29, 0.717) is 11.6 Å². The van der Waals surface area contributed by atoms with E-state index in [9.17, 15) is 14.9 Å². The highest BCUT2D eigenvalue weighted by atomic mass is 35.5. The fraction of sp³-hybridized carbons (Fsp3) is 0.308. The van der Waals surface area contributed by atoms with Crippen molar-refractivity contribution in [1.82, 2.24) is 4.90 Å². The Kier molecular flexibility index (Phi) is 3.85. The number of halogens is 1. The lowest BCUT2D eigenvalue weighted by atomic mass is 10.1. The summed E-state index contributed by atoms with van der Waals surface area (Å²) in [7, 11) is 0. The van der Waals surface area contributed by atoms with Crippen LogP contribution in [0.3, 0.4) is 0 Å². The number of hydrogen-bond acceptors (Lipinski definition) is 3. The molecule has 2 rings (SSSR count). The summed E-state index contributed by atoms with van der Waals surface area (Å²) in [5.74, 6) is -0.364. The van der Waals surface area contributed by atoms with Crippen LogP contribution in [-0.2, 0) is 0 Å². The molecule has 5 nitrogen and oxygen atoms in total. The van der Waals surface area contributed by atoms with Crippen molar-refractivity contribution in [1.29, 1.82) is 0 Å². The van der Waals surface area contributed by atoms with Gasteiger partial charge >= 0.3 is 0 Å². The number of amides is 1. The first-order chi connectivity index (χ1) is 9.04. The highest BCUT2D eigenvalue weighted by molar-refractivity contribution is 6.31. The molecule has 1 saturated carbocycles. The zero-order valence-electron chi connectivity index (χ0n) is 10.2. The average molecular weight is 281 g/mol. The lowest BCUT2D eigenvalue weighted by Crippen LogP contribution is -2.33. The molecular weight excluding hydrogens is 268 g/mol. The number of nitro benzene ring substituents is 1. The average Bonchev–Trinajstić information content (AvgIpc) is 3.19. The summed E-state index contributed by atoms with van der Waals surface area (Å²) in [4.78, 5) is 24.4. The van der Waals surface area contributed by atoms with Crippen molar-refractivity contribution in [2.45, 2.75) is 18.9 Å². The minimum atomic E-state index is -0.567. The molecule has 1 aromatic rings. The molecule has 100 valence electrons. The molecule has 1 fully saturated rings. The Bertz CT molecular complexity index is 541. The van der Waals surface area contributed by atoms with Crippen molar-refractivity contribution in [3.8, 4) is 0 Å². The van der Waals surface area contributed by atoms with Crippen LogP contribution in [-0.4, -0.2) is 28.3 Å². The summed E-state index contributed by atoms with van der Waals surface area (Å²) in [6.45, 7) is 3.99. The van der Waals surface area contributed by atoms with Gasteiger partial charge in [0, 0.05) is 23.7 Å². The maximum Gasteiger partial charge on any atom is 0.282 e. The van der Waals surface area contributed by atoms with E-state index >= 15 is 0 Å². The van der Waals surface area contributed by atoms with E-state index in [4.69, 9.17) is 11.6 Å². The molecular formula is C13H13ClN2O3. The molecule has 1 aliphatic rings. The third-order valence-corrected chi connectivity index (χ3v) is 3.20. The number of nitro groups is 1. The largest absolute Gasteiger partial charge is 0.332 e. The van der Waals surface area contributed by atoms with Gasteiger partial charge in [-0.1, -0.05) is 17.7 Å². The highest BCUT2D eigenvalue weighted by Crippen LogP contribution is 2.31. The summed E-state index contributed by atoms with van der Waals surface area (Å²) < 4.78 is 0. The lowest BCUT2D eigenvalue weighted by molar-refractivity contribution is -0.385. The van der Waals surface area contributed by atoms with Gasteiger partial charge in [0.1, 0.15) is 5.56 Å². The summed E-state index contributed by atoms with van der Waals surface area (Å²) in [6, 6.07) is 4.17. The first kappa shape index (κ1) is 13.5. The van der Waals surface area contributed by atoms with E-state index in [1.165, 1.54) is 18.2 Å². The van der Waals surface area contributed by atoms with Gasteiger partial charge in [0.25, 0.3) is 11.6 Å². The quantitative estimate of drug-likeness (QED) is 0.473. The first-order valence-electron chi connectivity index (χ1n) is 5.90. The van der Waals surface area contributed by atoms with Gasteiger partial charge in [0.15, 0.2) is 0 Å². The third-order valence-electron chi connectivity index (χ3n) is 2.96. The van der Waals surface area contributed by atoms with Gasteiger partial charge in [-0.2, -0.15) is 0 Å². The van der Waals surface area contributed by atoms with Crippen molar-refractivity contribution in [2.24, 2.45) is 0 Å². The lowest BCUT2D eigenvalue weighted by Gasteiger charge is -2.20. The van der Waals surface area contributed by atoms with Gasteiger partial charge in [-0.3, -0.25) is 14.9 Å². The van der Waals surface area contributed by atoms with Gasteiger partial charge in [-0.15, -0.1) is 6.58 Å². The molecule has 0 heterocycles. The second kappa shape index (κ2) is 5.40.